The molecule has 1 aliphatic rings. The molecule has 1 rings (SSSR count). The molecule has 1 aliphatic heterocycles. The van der Waals surface area contributed by atoms with E-state index in [1.54, 1.807) is 0 Å². The predicted octanol–water partition coefficient (Wildman–Crippen LogP) is 1.49. The lowest BCUT2D eigenvalue weighted by atomic mass is 9.98. The van der Waals surface area contributed by atoms with Crippen LogP contribution in [0.25, 0.3) is 0 Å². The highest BCUT2D eigenvalue weighted by Gasteiger charge is 2.28. The van der Waals surface area contributed by atoms with Crippen molar-refractivity contribution in [2.75, 3.05) is 19.6 Å². The van der Waals surface area contributed by atoms with Crippen molar-refractivity contribution in [2.45, 2.75) is 64.5 Å². The smallest absolute Gasteiger partial charge is 0.236 e. The maximum atomic E-state index is 11.8. The quantitative estimate of drug-likeness (QED) is 0.756. The van der Waals surface area contributed by atoms with Crippen molar-refractivity contribution in [1.82, 2.24) is 10.2 Å². The second kappa shape index (κ2) is 7.10. The van der Waals surface area contributed by atoms with Gasteiger partial charge in [-0.15, -0.1) is 0 Å². The van der Waals surface area contributed by atoms with E-state index < -0.39 is 0 Å². The fraction of sp³-hybridized carbons (Fsp3) is 0.929. The maximum Gasteiger partial charge on any atom is 0.236 e. The third-order valence-electron chi connectivity index (χ3n) is 3.84. The summed E-state index contributed by atoms with van der Waals surface area (Å²) < 4.78 is 0. The van der Waals surface area contributed by atoms with Gasteiger partial charge in [0, 0.05) is 12.1 Å². The standard InChI is InChI=1S/C14H29N3O/c1-4-8-12(15)13(18)16-11-14(2,3)17-9-6-5-7-10-17/h12H,4-11,15H2,1-3H3,(H,16,18). The molecule has 1 atom stereocenters. The van der Waals surface area contributed by atoms with Crippen LogP contribution in [-0.4, -0.2) is 42.0 Å². The molecule has 0 radical (unpaired) electrons. The van der Waals surface area contributed by atoms with Crippen LogP contribution in [0.4, 0.5) is 0 Å². The number of nitrogens with two attached hydrogens (primary N) is 1. The third-order valence-corrected chi connectivity index (χ3v) is 3.84. The van der Waals surface area contributed by atoms with Crippen LogP contribution in [0.5, 0.6) is 0 Å². The van der Waals surface area contributed by atoms with Crippen molar-refractivity contribution < 1.29 is 4.79 Å². The van der Waals surface area contributed by atoms with Crippen molar-refractivity contribution in [2.24, 2.45) is 5.73 Å². The molecule has 4 nitrogen and oxygen atoms in total. The molecule has 0 saturated carbocycles. The van der Waals surface area contributed by atoms with Gasteiger partial charge in [0.15, 0.2) is 0 Å². The molecule has 4 heteroatoms. The highest BCUT2D eigenvalue weighted by molar-refractivity contribution is 5.81. The highest BCUT2D eigenvalue weighted by Crippen LogP contribution is 2.19. The molecular formula is C14H29N3O. The Bertz CT molecular complexity index is 260. The van der Waals surface area contributed by atoms with E-state index in [0.717, 1.165) is 25.9 Å². The zero-order valence-corrected chi connectivity index (χ0v) is 12.2. The molecule has 1 heterocycles. The molecule has 1 unspecified atom stereocenters. The summed E-state index contributed by atoms with van der Waals surface area (Å²) in [7, 11) is 0. The molecule has 3 N–H and O–H groups in total. The van der Waals surface area contributed by atoms with Crippen LogP contribution in [0.15, 0.2) is 0 Å². The van der Waals surface area contributed by atoms with Crippen molar-refractivity contribution in [3.05, 3.63) is 0 Å². The fourth-order valence-electron chi connectivity index (χ4n) is 2.49. The van der Waals surface area contributed by atoms with E-state index in [1.807, 2.05) is 6.92 Å². The Hall–Kier alpha value is -0.610. The summed E-state index contributed by atoms with van der Waals surface area (Å²) in [6.45, 7) is 9.41. The molecule has 0 aromatic carbocycles. The first-order chi connectivity index (χ1) is 8.47. The van der Waals surface area contributed by atoms with Crippen LogP contribution >= 0.6 is 0 Å². The number of carbonyl (C=O) groups is 1. The molecule has 1 amide bonds. The van der Waals surface area contributed by atoms with Gasteiger partial charge < -0.3 is 11.1 Å². The Kier molecular flexibility index (Phi) is 6.09. The highest BCUT2D eigenvalue weighted by atomic mass is 16.2. The zero-order valence-electron chi connectivity index (χ0n) is 12.2. The van der Waals surface area contributed by atoms with Crippen LogP contribution in [0, 0.1) is 0 Å². The SMILES string of the molecule is CCCC(N)C(=O)NCC(C)(C)N1CCCCC1. The van der Waals surface area contributed by atoms with Gasteiger partial charge in [0.1, 0.15) is 0 Å². The van der Waals surface area contributed by atoms with Gasteiger partial charge in [-0.2, -0.15) is 0 Å². The second-order valence-corrected chi connectivity index (χ2v) is 5.97. The van der Waals surface area contributed by atoms with E-state index in [0.29, 0.717) is 6.54 Å². The number of carbonyl (C=O) groups excluding carboxylic acids is 1. The molecule has 106 valence electrons. The van der Waals surface area contributed by atoms with Gasteiger partial charge in [-0.25, -0.2) is 0 Å². The topological polar surface area (TPSA) is 58.4 Å². The van der Waals surface area contributed by atoms with Gasteiger partial charge in [-0.1, -0.05) is 19.8 Å². The van der Waals surface area contributed by atoms with E-state index in [-0.39, 0.29) is 17.5 Å². The van der Waals surface area contributed by atoms with Crippen molar-refractivity contribution >= 4 is 5.91 Å². The number of amides is 1. The minimum Gasteiger partial charge on any atom is -0.353 e. The van der Waals surface area contributed by atoms with Gasteiger partial charge >= 0.3 is 0 Å². The Morgan fingerprint density at radius 1 is 1.33 bits per heavy atom. The average molecular weight is 255 g/mol. The number of nitrogens with zero attached hydrogens (tertiary/aromatic N) is 1. The maximum absolute atomic E-state index is 11.8. The zero-order chi connectivity index (χ0) is 13.6. The summed E-state index contributed by atoms with van der Waals surface area (Å²) in [6.07, 6.45) is 5.58. The molecule has 0 aliphatic carbocycles. The Labute approximate surface area is 111 Å². The monoisotopic (exact) mass is 255 g/mol. The van der Waals surface area contributed by atoms with Gasteiger partial charge in [0.05, 0.1) is 6.04 Å². The van der Waals surface area contributed by atoms with E-state index in [4.69, 9.17) is 5.73 Å². The average Bonchev–Trinajstić information content (AvgIpc) is 2.37. The summed E-state index contributed by atoms with van der Waals surface area (Å²) in [5.74, 6) is -0.0121. The lowest BCUT2D eigenvalue weighted by molar-refractivity contribution is -0.123. The molecule has 0 spiro atoms. The third kappa shape index (κ3) is 4.58. The van der Waals surface area contributed by atoms with E-state index in [9.17, 15) is 4.79 Å². The van der Waals surface area contributed by atoms with Crippen LogP contribution < -0.4 is 11.1 Å². The molecule has 1 fully saturated rings. The van der Waals surface area contributed by atoms with Gasteiger partial charge in [0.2, 0.25) is 5.91 Å². The second-order valence-electron chi connectivity index (χ2n) is 5.97. The van der Waals surface area contributed by atoms with Gasteiger partial charge in [-0.05, 0) is 46.2 Å². The number of hydrogen-bond acceptors (Lipinski definition) is 3. The number of rotatable bonds is 6. The Morgan fingerprint density at radius 3 is 2.50 bits per heavy atom. The van der Waals surface area contributed by atoms with Crippen LogP contribution in [0.3, 0.4) is 0 Å². The first-order valence-corrected chi connectivity index (χ1v) is 7.25. The minimum absolute atomic E-state index is 0.0121. The molecule has 0 aromatic rings. The van der Waals surface area contributed by atoms with Gasteiger partial charge in [0.25, 0.3) is 0 Å². The number of piperidine rings is 1. The van der Waals surface area contributed by atoms with Crippen LogP contribution in [0.2, 0.25) is 0 Å². The lowest BCUT2D eigenvalue weighted by Gasteiger charge is -2.41. The summed E-state index contributed by atoms with van der Waals surface area (Å²) >= 11 is 0. The summed E-state index contributed by atoms with van der Waals surface area (Å²) in [6, 6.07) is -0.354. The molecule has 1 saturated heterocycles. The first kappa shape index (κ1) is 15.4. The van der Waals surface area contributed by atoms with E-state index in [2.05, 4.69) is 24.1 Å². The minimum atomic E-state index is -0.354. The normalized spacial score (nSPS) is 19.6. The van der Waals surface area contributed by atoms with E-state index in [1.165, 1.54) is 19.3 Å². The van der Waals surface area contributed by atoms with Crippen LogP contribution in [0.1, 0.15) is 52.9 Å². The summed E-state index contributed by atoms with van der Waals surface area (Å²) in [5.41, 5.74) is 5.84. The molecule has 18 heavy (non-hydrogen) atoms. The summed E-state index contributed by atoms with van der Waals surface area (Å²) in [5, 5.41) is 3.00. The lowest BCUT2D eigenvalue weighted by Crippen LogP contribution is -2.55. The van der Waals surface area contributed by atoms with Crippen molar-refractivity contribution in [3.8, 4) is 0 Å². The first-order valence-electron chi connectivity index (χ1n) is 7.25. The van der Waals surface area contributed by atoms with Crippen molar-refractivity contribution in [1.29, 1.82) is 0 Å². The predicted molar refractivity (Wildman–Crippen MR) is 75.4 cm³/mol. The van der Waals surface area contributed by atoms with Crippen LogP contribution in [-0.2, 0) is 4.79 Å². The number of likely N-dealkylation sites (tertiary alicyclic amines) is 1. The molecule has 0 bridgehead atoms. The van der Waals surface area contributed by atoms with Crippen molar-refractivity contribution in [3.63, 3.8) is 0 Å². The molecule has 0 aromatic heterocycles. The fourth-order valence-corrected chi connectivity index (χ4v) is 2.49. The Balaban J connectivity index is 2.38. The van der Waals surface area contributed by atoms with Gasteiger partial charge in [-0.3, -0.25) is 9.69 Å². The Morgan fingerprint density at radius 2 is 1.94 bits per heavy atom. The number of hydrogen-bond donors (Lipinski definition) is 2. The largest absolute Gasteiger partial charge is 0.353 e. The van der Waals surface area contributed by atoms with E-state index >= 15 is 0 Å². The number of nitrogens with one attached hydrogen (secondary N) is 1. The summed E-state index contributed by atoms with van der Waals surface area (Å²) in [4.78, 5) is 14.3. The molecular weight excluding hydrogens is 226 g/mol.